The van der Waals surface area contributed by atoms with Crippen molar-refractivity contribution < 1.29 is 5.11 Å². The van der Waals surface area contributed by atoms with Crippen molar-refractivity contribution >= 4 is 33.4 Å². The van der Waals surface area contributed by atoms with Gasteiger partial charge in [0.2, 0.25) is 0 Å². The summed E-state index contributed by atoms with van der Waals surface area (Å²) in [5.41, 5.74) is 3.77. The van der Waals surface area contributed by atoms with E-state index in [1.54, 1.807) is 12.1 Å². The van der Waals surface area contributed by atoms with Crippen LogP contribution in [0.3, 0.4) is 0 Å². The van der Waals surface area contributed by atoms with Crippen molar-refractivity contribution in [2.45, 2.75) is 0 Å². The van der Waals surface area contributed by atoms with Crippen LogP contribution in [0.4, 0.5) is 0 Å². The van der Waals surface area contributed by atoms with E-state index in [1.807, 2.05) is 42.6 Å². The highest BCUT2D eigenvalue weighted by molar-refractivity contribution is 6.31. The highest BCUT2D eigenvalue weighted by Crippen LogP contribution is 2.31. The third-order valence-electron chi connectivity index (χ3n) is 3.59. The molecule has 0 aliphatic rings. The monoisotopic (exact) mass is 294 g/mol. The SMILES string of the molecule is Oc1ccc2nc(-c3c[nH]c4ccc(Cl)cc34)ccc2c1. The average Bonchev–Trinajstić information content (AvgIpc) is 2.89. The number of aromatic hydroxyl groups is 1. The predicted octanol–water partition coefficient (Wildman–Crippen LogP) is 4.74. The second-order valence-electron chi connectivity index (χ2n) is 4.97. The summed E-state index contributed by atoms with van der Waals surface area (Å²) >= 11 is 6.09. The van der Waals surface area contributed by atoms with E-state index in [0.29, 0.717) is 5.02 Å². The van der Waals surface area contributed by atoms with E-state index in [2.05, 4.69) is 9.97 Å². The molecular formula is C17H11ClN2O. The van der Waals surface area contributed by atoms with Gasteiger partial charge in [0.1, 0.15) is 5.75 Å². The quantitative estimate of drug-likeness (QED) is 0.532. The van der Waals surface area contributed by atoms with Crippen LogP contribution < -0.4 is 0 Å². The Morgan fingerprint density at radius 2 is 1.90 bits per heavy atom. The fraction of sp³-hybridized carbons (Fsp3) is 0. The third kappa shape index (κ3) is 2.03. The lowest BCUT2D eigenvalue weighted by atomic mass is 10.1. The van der Waals surface area contributed by atoms with Gasteiger partial charge in [-0.2, -0.15) is 0 Å². The fourth-order valence-electron chi connectivity index (χ4n) is 2.57. The molecule has 0 saturated heterocycles. The number of nitrogens with zero attached hydrogens (tertiary/aromatic N) is 1. The Morgan fingerprint density at radius 3 is 2.81 bits per heavy atom. The molecule has 2 heterocycles. The summed E-state index contributed by atoms with van der Waals surface area (Å²) < 4.78 is 0. The summed E-state index contributed by atoms with van der Waals surface area (Å²) in [6, 6.07) is 14.8. The van der Waals surface area contributed by atoms with Crippen molar-refractivity contribution in [1.29, 1.82) is 0 Å². The lowest BCUT2D eigenvalue weighted by Crippen LogP contribution is -1.84. The number of H-pyrrole nitrogens is 1. The molecule has 4 heteroatoms. The summed E-state index contributed by atoms with van der Waals surface area (Å²) in [6.07, 6.45) is 1.94. The molecule has 0 amide bonds. The van der Waals surface area contributed by atoms with Crippen LogP contribution in [0.1, 0.15) is 0 Å². The number of phenolic OH excluding ortho intramolecular Hbond substituents is 1. The maximum Gasteiger partial charge on any atom is 0.116 e. The molecule has 0 radical (unpaired) electrons. The first-order valence-electron chi connectivity index (χ1n) is 6.57. The Kier molecular flexibility index (Phi) is 2.62. The topological polar surface area (TPSA) is 48.9 Å². The highest BCUT2D eigenvalue weighted by atomic mass is 35.5. The molecule has 3 nitrogen and oxygen atoms in total. The molecule has 0 bridgehead atoms. The van der Waals surface area contributed by atoms with Gasteiger partial charge >= 0.3 is 0 Å². The zero-order valence-corrected chi connectivity index (χ0v) is 11.7. The molecular weight excluding hydrogens is 284 g/mol. The summed E-state index contributed by atoms with van der Waals surface area (Å²) in [6.45, 7) is 0. The van der Waals surface area contributed by atoms with Gasteiger partial charge in [0.25, 0.3) is 0 Å². The van der Waals surface area contributed by atoms with Gasteiger partial charge in [0, 0.05) is 33.1 Å². The van der Waals surface area contributed by atoms with Crippen LogP contribution in [0.15, 0.2) is 54.7 Å². The maximum absolute atomic E-state index is 9.51. The number of halogens is 1. The van der Waals surface area contributed by atoms with E-state index < -0.39 is 0 Å². The van der Waals surface area contributed by atoms with Gasteiger partial charge in [-0.3, -0.25) is 0 Å². The van der Waals surface area contributed by atoms with E-state index in [0.717, 1.165) is 33.1 Å². The van der Waals surface area contributed by atoms with Gasteiger partial charge in [-0.25, -0.2) is 4.98 Å². The van der Waals surface area contributed by atoms with Crippen molar-refractivity contribution in [3.8, 4) is 17.0 Å². The van der Waals surface area contributed by atoms with Crippen molar-refractivity contribution in [1.82, 2.24) is 9.97 Å². The third-order valence-corrected chi connectivity index (χ3v) is 3.83. The molecule has 2 N–H and O–H groups in total. The van der Waals surface area contributed by atoms with Gasteiger partial charge in [-0.1, -0.05) is 17.7 Å². The van der Waals surface area contributed by atoms with Gasteiger partial charge in [-0.15, -0.1) is 0 Å². The molecule has 0 unspecified atom stereocenters. The number of phenols is 1. The fourth-order valence-corrected chi connectivity index (χ4v) is 2.74. The van der Waals surface area contributed by atoms with Crippen LogP contribution in [-0.4, -0.2) is 15.1 Å². The van der Waals surface area contributed by atoms with Crippen LogP contribution in [0.2, 0.25) is 5.02 Å². The van der Waals surface area contributed by atoms with Crippen LogP contribution in [0.25, 0.3) is 33.1 Å². The molecule has 4 aromatic rings. The van der Waals surface area contributed by atoms with E-state index in [1.165, 1.54) is 0 Å². The van der Waals surface area contributed by atoms with Crippen molar-refractivity contribution in [2.24, 2.45) is 0 Å². The summed E-state index contributed by atoms with van der Waals surface area (Å²) in [4.78, 5) is 7.90. The smallest absolute Gasteiger partial charge is 0.116 e. The van der Waals surface area contributed by atoms with Gasteiger partial charge < -0.3 is 10.1 Å². The van der Waals surface area contributed by atoms with Crippen LogP contribution >= 0.6 is 11.6 Å². The summed E-state index contributed by atoms with van der Waals surface area (Å²) in [5, 5.41) is 12.2. The predicted molar refractivity (Wildman–Crippen MR) is 85.7 cm³/mol. The first kappa shape index (κ1) is 12.2. The minimum atomic E-state index is 0.246. The number of aromatic amines is 1. The van der Waals surface area contributed by atoms with Gasteiger partial charge in [0.05, 0.1) is 11.2 Å². The van der Waals surface area contributed by atoms with E-state index in [-0.39, 0.29) is 5.75 Å². The molecule has 0 fully saturated rings. The Balaban J connectivity index is 1.95. The summed E-state index contributed by atoms with van der Waals surface area (Å²) in [5.74, 6) is 0.246. The molecule has 2 aromatic carbocycles. The number of fused-ring (bicyclic) bond motifs is 2. The minimum absolute atomic E-state index is 0.246. The second-order valence-corrected chi connectivity index (χ2v) is 5.40. The number of aromatic nitrogens is 2. The molecule has 4 rings (SSSR count). The van der Waals surface area contributed by atoms with Crippen LogP contribution in [0.5, 0.6) is 5.75 Å². The molecule has 0 saturated carbocycles. The van der Waals surface area contributed by atoms with Gasteiger partial charge in [0.15, 0.2) is 0 Å². The van der Waals surface area contributed by atoms with Crippen molar-refractivity contribution in [3.05, 3.63) is 59.8 Å². The van der Waals surface area contributed by atoms with E-state index in [9.17, 15) is 5.11 Å². The number of benzene rings is 2. The van der Waals surface area contributed by atoms with Crippen LogP contribution in [-0.2, 0) is 0 Å². The lowest BCUT2D eigenvalue weighted by Gasteiger charge is -2.03. The van der Waals surface area contributed by atoms with E-state index >= 15 is 0 Å². The number of nitrogens with one attached hydrogen (secondary N) is 1. The Morgan fingerprint density at radius 1 is 1.00 bits per heavy atom. The molecule has 0 spiro atoms. The second kappa shape index (κ2) is 4.50. The van der Waals surface area contributed by atoms with E-state index in [4.69, 9.17) is 11.6 Å². The maximum atomic E-state index is 9.51. The Labute approximate surface area is 125 Å². The molecule has 0 aliphatic carbocycles. The first-order valence-corrected chi connectivity index (χ1v) is 6.95. The van der Waals surface area contributed by atoms with Crippen molar-refractivity contribution in [2.75, 3.05) is 0 Å². The molecule has 2 aromatic heterocycles. The first-order chi connectivity index (χ1) is 10.2. The minimum Gasteiger partial charge on any atom is -0.508 e. The lowest BCUT2D eigenvalue weighted by molar-refractivity contribution is 0.476. The normalized spacial score (nSPS) is 11.3. The van der Waals surface area contributed by atoms with Crippen molar-refractivity contribution in [3.63, 3.8) is 0 Å². The molecule has 21 heavy (non-hydrogen) atoms. The number of hydrogen-bond acceptors (Lipinski definition) is 2. The highest BCUT2D eigenvalue weighted by Gasteiger charge is 2.09. The number of rotatable bonds is 1. The standard InChI is InChI=1S/C17H11ClN2O/c18-11-2-5-16-13(8-11)14(9-19-16)17-4-1-10-7-12(21)3-6-15(10)20-17/h1-9,19,21H. The molecule has 102 valence electrons. The Bertz CT molecular complexity index is 975. The largest absolute Gasteiger partial charge is 0.508 e. The number of pyridine rings is 1. The van der Waals surface area contributed by atoms with Gasteiger partial charge in [-0.05, 0) is 42.5 Å². The number of hydrogen-bond donors (Lipinski definition) is 2. The Hall–Kier alpha value is -2.52. The average molecular weight is 295 g/mol. The molecule has 0 atom stereocenters. The molecule has 0 aliphatic heterocycles. The summed E-state index contributed by atoms with van der Waals surface area (Å²) in [7, 11) is 0. The zero-order valence-electron chi connectivity index (χ0n) is 11.0. The zero-order chi connectivity index (χ0) is 14.4. The van der Waals surface area contributed by atoms with Crippen LogP contribution in [0, 0.1) is 0 Å².